The summed E-state index contributed by atoms with van der Waals surface area (Å²) in [7, 11) is 0. The quantitative estimate of drug-likeness (QED) is 0.754. The van der Waals surface area contributed by atoms with Gasteiger partial charge in [-0.05, 0) is 50.1 Å². The maximum absolute atomic E-state index is 2.73. The van der Waals surface area contributed by atoms with Crippen LogP contribution in [-0.2, 0) is 0 Å². The standard InChI is InChI=1S/C17H23N/c1-2-6-15(7-3-1)8-4-9-17-10-5-13-18(17)14-16-11-12-16/h1-4,6-8,16-17H,5,9-14H2/b8-4-. The minimum atomic E-state index is 0.811. The first-order chi connectivity index (χ1) is 8.92. The van der Waals surface area contributed by atoms with Crippen LogP contribution in [0.3, 0.4) is 0 Å². The van der Waals surface area contributed by atoms with Crippen molar-refractivity contribution in [2.24, 2.45) is 5.92 Å². The van der Waals surface area contributed by atoms with E-state index in [-0.39, 0.29) is 0 Å². The van der Waals surface area contributed by atoms with E-state index in [0.29, 0.717) is 0 Å². The van der Waals surface area contributed by atoms with E-state index in [4.69, 9.17) is 0 Å². The van der Waals surface area contributed by atoms with Crippen molar-refractivity contribution in [3.05, 3.63) is 42.0 Å². The van der Waals surface area contributed by atoms with Gasteiger partial charge in [0.2, 0.25) is 0 Å². The first-order valence-electron chi connectivity index (χ1n) is 7.37. The van der Waals surface area contributed by atoms with E-state index in [9.17, 15) is 0 Å². The Hall–Kier alpha value is -1.08. The fraction of sp³-hybridized carbons (Fsp3) is 0.529. The number of likely N-dealkylation sites (tertiary alicyclic amines) is 1. The van der Waals surface area contributed by atoms with Crippen LogP contribution in [0.25, 0.3) is 6.08 Å². The van der Waals surface area contributed by atoms with Crippen molar-refractivity contribution in [1.82, 2.24) is 4.90 Å². The Morgan fingerprint density at radius 1 is 1.11 bits per heavy atom. The van der Waals surface area contributed by atoms with Gasteiger partial charge in [-0.25, -0.2) is 0 Å². The lowest BCUT2D eigenvalue weighted by Crippen LogP contribution is -2.30. The second-order valence-electron chi connectivity index (χ2n) is 5.78. The molecule has 18 heavy (non-hydrogen) atoms. The summed E-state index contributed by atoms with van der Waals surface area (Å²) in [6.07, 6.45) is 11.6. The van der Waals surface area contributed by atoms with Crippen molar-refractivity contribution < 1.29 is 0 Å². The summed E-state index contributed by atoms with van der Waals surface area (Å²) in [4.78, 5) is 2.73. The Bertz CT molecular complexity index is 391. The Labute approximate surface area is 111 Å². The highest BCUT2D eigenvalue weighted by molar-refractivity contribution is 5.48. The summed E-state index contributed by atoms with van der Waals surface area (Å²) in [5.74, 6) is 1.03. The molecule has 1 aliphatic heterocycles. The summed E-state index contributed by atoms with van der Waals surface area (Å²) in [6, 6.07) is 11.4. The van der Waals surface area contributed by atoms with Crippen LogP contribution in [0.4, 0.5) is 0 Å². The smallest absolute Gasteiger partial charge is 0.0130 e. The monoisotopic (exact) mass is 241 g/mol. The van der Waals surface area contributed by atoms with Gasteiger partial charge in [-0.2, -0.15) is 0 Å². The first kappa shape index (κ1) is 12.0. The van der Waals surface area contributed by atoms with Crippen molar-refractivity contribution in [2.75, 3.05) is 13.1 Å². The molecule has 0 N–H and O–H groups in total. The molecule has 1 aliphatic carbocycles. The Balaban J connectivity index is 1.50. The third-order valence-electron chi connectivity index (χ3n) is 4.21. The molecule has 96 valence electrons. The van der Waals surface area contributed by atoms with Gasteiger partial charge < -0.3 is 0 Å². The minimum absolute atomic E-state index is 0.811. The summed E-state index contributed by atoms with van der Waals surface area (Å²) in [5.41, 5.74) is 1.32. The zero-order valence-electron chi connectivity index (χ0n) is 11.1. The molecule has 1 nitrogen and oxygen atoms in total. The maximum Gasteiger partial charge on any atom is 0.0130 e. The van der Waals surface area contributed by atoms with Crippen LogP contribution in [0.2, 0.25) is 0 Å². The molecule has 1 heteroatoms. The van der Waals surface area contributed by atoms with E-state index in [1.165, 1.54) is 50.8 Å². The highest BCUT2D eigenvalue weighted by Gasteiger charge is 2.30. The summed E-state index contributed by atoms with van der Waals surface area (Å²) in [6.45, 7) is 2.70. The number of rotatable bonds is 5. The van der Waals surface area contributed by atoms with Crippen LogP contribution in [0.15, 0.2) is 36.4 Å². The fourth-order valence-electron chi connectivity index (χ4n) is 2.96. The molecule has 0 aromatic heterocycles. The second-order valence-corrected chi connectivity index (χ2v) is 5.78. The van der Waals surface area contributed by atoms with Gasteiger partial charge in [0.1, 0.15) is 0 Å². The van der Waals surface area contributed by atoms with E-state index in [2.05, 4.69) is 47.4 Å². The zero-order chi connectivity index (χ0) is 12.2. The van der Waals surface area contributed by atoms with Crippen LogP contribution < -0.4 is 0 Å². The van der Waals surface area contributed by atoms with E-state index >= 15 is 0 Å². The number of benzene rings is 1. The van der Waals surface area contributed by atoms with Gasteiger partial charge in [-0.3, -0.25) is 4.90 Å². The largest absolute Gasteiger partial charge is 0.300 e. The van der Waals surface area contributed by atoms with E-state index < -0.39 is 0 Å². The van der Waals surface area contributed by atoms with Gasteiger partial charge >= 0.3 is 0 Å². The van der Waals surface area contributed by atoms with Crippen LogP contribution in [-0.4, -0.2) is 24.0 Å². The van der Waals surface area contributed by atoms with Crippen LogP contribution in [0.5, 0.6) is 0 Å². The topological polar surface area (TPSA) is 3.24 Å². The Kier molecular flexibility index (Phi) is 3.80. The van der Waals surface area contributed by atoms with Crippen molar-refractivity contribution in [3.8, 4) is 0 Å². The van der Waals surface area contributed by atoms with Crippen LogP contribution in [0, 0.1) is 5.92 Å². The molecule has 0 amide bonds. The van der Waals surface area contributed by atoms with E-state index in [0.717, 1.165) is 12.0 Å². The molecule has 0 radical (unpaired) electrons. The lowest BCUT2D eigenvalue weighted by molar-refractivity contribution is 0.245. The Morgan fingerprint density at radius 2 is 1.94 bits per heavy atom. The van der Waals surface area contributed by atoms with Crippen molar-refractivity contribution in [1.29, 1.82) is 0 Å². The van der Waals surface area contributed by atoms with Gasteiger partial charge in [-0.1, -0.05) is 42.5 Å². The second kappa shape index (κ2) is 5.71. The average molecular weight is 241 g/mol. The molecule has 0 spiro atoms. The molecule has 3 rings (SSSR count). The molecule has 2 aliphatic rings. The molecular formula is C17H23N. The van der Waals surface area contributed by atoms with E-state index in [1.54, 1.807) is 0 Å². The average Bonchev–Trinajstić information content (AvgIpc) is 3.11. The SMILES string of the molecule is C(=C/c1ccccc1)/CC1CCCN1CC1CC1. The van der Waals surface area contributed by atoms with Gasteiger partial charge in [0, 0.05) is 12.6 Å². The number of hydrogen-bond donors (Lipinski definition) is 0. The molecule has 1 heterocycles. The Morgan fingerprint density at radius 3 is 2.72 bits per heavy atom. The van der Waals surface area contributed by atoms with Crippen molar-refractivity contribution in [3.63, 3.8) is 0 Å². The fourth-order valence-corrected chi connectivity index (χ4v) is 2.96. The predicted octanol–water partition coefficient (Wildman–Crippen LogP) is 3.96. The van der Waals surface area contributed by atoms with Crippen molar-refractivity contribution in [2.45, 2.75) is 38.1 Å². The van der Waals surface area contributed by atoms with Crippen LogP contribution in [0.1, 0.15) is 37.7 Å². The van der Waals surface area contributed by atoms with Gasteiger partial charge in [0.05, 0.1) is 0 Å². The van der Waals surface area contributed by atoms with Gasteiger partial charge in [-0.15, -0.1) is 0 Å². The van der Waals surface area contributed by atoms with Gasteiger partial charge in [0.15, 0.2) is 0 Å². The maximum atomic E-state index is 2.73. The normalized spacial score (nSPS) is 25.0. The molecule has 2 fully saturated rings. The molecule has 1 atom stereocenters. The summed E-state index contributed by atoms with van der Waals surface area (Å²) < 4.78 is 0. The third kappa shape index (κ3) is 3.23. The zero-order valence-corrected chi connectivity index (χ0v) is 11.1. The number of nitrogens with zero attached hydrogens (tertiary/aromatic N) is 1. The lowest BCUT2D eigenvalue weighted by atomic mass is 10.1. The minimum Gasteiger partial charge on any atom is -0.300 e. The third-order valence-corrected chi connectivity index (χ3v) is 4.21. The molecule has 1 saturated heterocycles. The molecular weight excluding hydrogens is 218 g/mol. The van der Waals surface area contributed by atoms with E-state index in [1.807, 2.05) is 0 Å². The highest BCUT2D eigenvalue weighted by atomic mass is 15.2. The predicted molar refractivity (Wildman–Crippen MR) is 77.4 cm³/mol. The highest BCUT2D eigenvalue weighted by Crippen LogP contribution is 2.33. The molecule has 1 unspecified atom stereocenters. The van der Waals surface area contributed by atoms with Crippen molar-refractivity contribution >= 4 is 6.08 Å². The molecule has 1 saturated carbocycles. The summed E-state index contributed by atoms with van der Waals surface area (Å²) in [5, 5.41) is 0. The summed E-state index contributed by atoms with van der Waals surface area (Å²) >= 11 is 0. The first-order valence-corrected chi connectivity index (χ1v) is 7.37. The lowest BCUT2D eigenvalue weighted by Gasteiger charge is -2.23. The van der Waals surface area contributed by atoms with Crippen LogP contribution >= 0.6 is 0 Å². The molecule has 0 bridgehead atoms. The van der Waals surface area contributed by atoms with Gasteiger partial charge in [0.25, 0.3) is 0 Å². The molecule has 1 aromatic rings. The molecule has 1 aromatic carbocycles. The number of hydrogen-bond acceptors (Lipinski definition) is 1.